The van der Waals surface area contributed by atoms with Gasteiger partial charge in [-0.25, -0.2) is 13.8 Å². The lowest BCUT2D eigenvalue weighted by Crippen LogP contribution is -2.20. The third-order valence-electron chi connectivity index (χ3n) is 4.84. The fourth-order valence-corrected chi connectivity index (χ4v) is 3.06. The van der Waals surface area contributed by atoms with Crippen molar-refractivity contribution in [3.05, 3.63) is 59.8 Å². The van der Waals surface area contributed by atoms with Crippen molar-refractivity contribution in [1.29, 1.82) is 0 Å². The summed E-state index contributed by atoms with van der Waals surface area (Å²) in [6, 6.07) is 8.52. The van der Waals surface area contributed by atoms with Gasteiger partial charge < -0.3 is 19.7 Å². The van der Waals surface area contributed by atoms with Crippen molar-refractivity contribution < 1.29 is 27.9 Å². The van der Waals surface area contributed by atoms with Gasteiger partial charge in [0.15, 0.2) is 5.82 Å². The Hall–Kier alpha value is -3.86. The number of ether oxygens (including phenoxy) is 1. The minimum atomic E-state index is -2.90. The number of hydrogen-bond donors (Lipinski definition) is 2. The van der Waals surface area contributed by atoms with Gasteiger partial charge in [-0.2, -0.15) is 4.98 Å². The largest absolute Gasteiger partial charge is 0.497 e. The standard InChI is InChI=1S/C21H19F2N5O4/c1-11-3-4-12(21-26-17(27-32-21)9-16(29)19(22)23)7-14(11)25-20(30)15-10-24-18-8-13(31-2)5-6-28(15)18/h3-8,10,16,19,29H,9H2,1-2H3,(H,25,30). The molecule has 1 unspecified atom stereocenters. The normalized spacial score (nSPS) is 12.3. The van der Waals surface area contributed by atoms with E-state index in [4.69, 9.17) is 9.26 Å². The summed E-state index contributed by atoms with van der Waals surface area (Å²) < 4.78 is 37.0. The van der Waals surface area contributed by atoms with Crippen molar-refractivity contribution in [3.63, 3.8) is 0 Å². The molecule has 0 saturated carbocycles. The monoisotopic (exact) mass is 443 g/mol. The average Bonchev–Trinajstić information content (AvgIpc) is 3.41. The molecule has 4 rings (SSSR count). The minimum Gasteiger partial charge on any atom is -0.497 e. The van der Waals surface area contributed by atoms with Crippen LogP contribution in [-0.2, 0) is 6.42 Å². The van der Waals surface area contributed by atoms with Crippen molar-refractivity contribution in [3.8, 4) is 17.2 Å². The van der Waals surface area contributed by atoms with Crippen molar-refractivity contribution in [2.24, 2.45) is 0 Å². The predicted octanol–water partition coefficient (Wildman–Crippen LogP) is 3.12. The van der Waals surface area contributed by atoms with Gasteiger partial charge in [0.1, 0.15) is 23.2 Å². The van der Waals surface area contributed by atoms with Crippen molar-refractivity contribution >= 4 is 17.2 Å². The number of nitrogens with zero attached hydrogens (tertiary/aromatic N) is 4. The molecule has 4 aromatic rings. The zero-order valence-corrected chi connectivity index (χ0v) is 17.1. The molecule has 3 aromatic heterocycles. The summed E-state index contributed by atoms with van der Waals surface area (Å²) in [5.74, 6) is 0.284. The van der Waals surface area contributed by atoms with E-state index in [1.807, 2.05) is 6.92 Å². The average molecular weight is 443 g/mol. The number of nitrogens with one attached hydrogen (secondary N) is 1. The second-order valence-electron chi connectivity index (χ2n) is 7.04. The van der Waals surface area contributed by atoms with Crippen LogP contribution in [0.25, 0.3) is 17.1 Å². The number of aryl methyl sites for hydroxylation is 1. The zero-order valence-electron chi connectivity index (χ0n) is 17.1. The maximum absolute atomic E-state index is 12.9. The molecule has 0 fully saturated rings. The van der Waals surface area contributed by atoms with Gasteiger partial charge in [-0.15, -0.1) is 0 Å². The first-order valence-corrected chi connectivity index (χ1v) is 9.58. The molecule has 166 valence electrons. The zero-order chi connectivity index (χ0) is 22.8. The molecule has 0 saturated heterocycles. The number of rotatable bonds is 7. The molecule has 11 heteroatoms. The Morgan fingerprint density at radius 3 is 2.88 bits per heavy atom. The number of methoxy groups -OCH3 is 1. The molecule has 0 spiro atoms. The van der Waals surface area contributed by atoms with Gasteiger partial charge >= 0.3 is 0 Å². The van der Waals surface area contributed by atoms with Crippen LogP contribution in [0.1, 0.15) is 21.9 Å². The predicted molar refractivity (Wildman–Crippen MR) is 110 cm³/mol. The van der Waals surface area contributed by atoms with Gasteiger partial charge in [0.2, 0.25) is 0 Å². The van der Waals surface area contributed by atoms with Crippen LogP contribution in [0.2, 0.25) is 0 Å². The number of fused-ring (bicyclic) bond motifs is 1. The van der Waals surface area contributed by atoms with Crippen LogP contribution in [0, 0.1) is 6.92 Å². The van der Waals surface area contributed by atoms with Crippen LogP contribution >= 0.6 is 0 Å². The van der Waals surface area contributed by atoms with Gasteiger partial charge in [-0.05, 0) is 30.7 Å². The Morgan fingerprint density at radius 1 is 1.31 bits per heavy atom. The number of amides is 1. The van der Waals surface area contributed by atoms with E-state index in [1.54, 1.807) is 48.0 Å². The van der Waals surface area contributed by atoms with Gasteiger partial charge in [-0.1, -0.05) is 11.2 Å². The number of hydrogen-bond acceptors (Lipinski definition) is 7. The Bertz CT molecular complexity index is 1270. The summed E-state index contributed by atoms with van der Waals surface area (Å²) in [5, 5.41) is 15.8. The molecule has 1 atom stereocenters. The van der Waals surface area contributed by atoms with E-state index in [2.05, 4.69) is 20.4 Å². The van der Waals surface area contributed by atoms with Crippen LogP contribution in [-0.4, -0.2) is 50.2 Å². The maximum atomic E-state index is 12.9. The Labute approximate surface area is 180 Å². The quantitative estimate of drug-likeness (QED) is 0.451. The molecule has 0 aliphatic rings. The lowest BCUT2D eigenvalue weighted by Gasteiger charge is -2.09. The highest BCUT2D eigenvalue weighted by atomic mass is 19.3. The molecule has 2 N–H and O–H groups in total. The summed E-state index contributed by atoms with van der Waals surface area (Å²) in [6.07, 6.45) is -2.07. The van der Waals surface area contributed by atoms with E-state index in [9.17, 15) is 18.7 Å². The highest BCUT2D eigenvalue weighted by Crippen LogP contribution is 2.25. The van der Waals surface area contributed by atoms with Crippen molar-refractivity contribution in [1.82, 2.24) is 19.5 Å². The van der Waals surface area contributed by atoms with Crippen LogP contribution < -0.4 is 10.1 Å². The highest BCUT2D eigenvalue weighted by Gasteiger charge is 2.21. The fourth-order valence-electron chi connectivity index (χ4n) is 3.06. The molecule has 1 aromatic carbocycles. The third-order valence-corrected chi connectivity index (χ3v) is 4.84. The molecule has 0 aliphatic carbocycles. The molecule has 0 aliphatic heterocycles. The first-order valence-electron chi connectivity index (χ1n) is 9.58. The molecule has 1 amide bonds. The van der Waals surface area contributed by atoms with E-state index in [-0.39, 0.29) is 17.6 Å². The number of carbonyl (C=O) groups excluding carboxylic acids is 1. The maximum Gasteiger partial charge on any atom is 0.274 e. The van der Waals surface area contributed by atoms with E-state index >= 15 is 0 Å². The third kappa shape index (κ3) is 4.28. The number of alkyl halides is 2. The second kappa shape index (κ2) is 8.71. The number of carbonyl (C=O) groups is 1. The topological polar surface area (TPSA) is 115 Å². The summed E-state index contributed by atoms with van der Waals surface area (Å²) in [7, 11) is 1.55. The summed E-state index contributed by atoms with van der Waals surface area (Å²) in [4.78, 5) is 21.2. The van der Waals surface area contributed by atoms with Gasteiger partial charge in [0.05, 0.1) is 13.3 Å². The number of anilines is 1. The minimum absolute atomic E-state index is 0.0416. The van der Waals surface area contributed by atoms with Gasteiger partial charge in [0.25, 0.3) is 18.2 Å². The van der Waals surface area contributed by atoms with Crippen LogP contribution in [0.3, 0.4) is 0 Å². The van der Waals surface area contributed by atoms with Gasteiger partial charge in [0, 0.05) is 29.9 Å². The Morgan fingerprint density at radius 2 is 2.12 bits per heavy atom. The van der Waals surface area contributed by atoms with Crippen LogP contribution in [0.4, 0.5) is 14.5 Å². The lowest BCUT2D eigenvalue weighted by atomic mass is 10.1. The number of imidazole rings is 1. The second-order valence-corrected chi connectivity index (χ2v) is 7.04. The molecule has 32 heavy (non-hydrogen) atoms. The number of halogens is 2. The highest BCUT2D eigenvalue weighted by molar-refractivity contribution is 6.04. The summed E-state index contributed by atoms with van der Waals surface area (Å²) in [6.45, 7) is 1.82. The van der Waals surface area contributed by atoms with Crippen LogP contribution in [0.5, 0.6) is 5.75 Å². The molecular formula is C21H19F2N5O4. The lowest BCUT2D eigenvalue weighted by molar-refractivity contribution is -0.00495. The number of aromatic nitrogens is 4. The van der Waals surface area contributed by atoms with Crippen LogP contribution in [0.15, 0.2) is 47.2 Å². The molecule has 9 nitrogen and oxygen atoms in total. The van der Waals surface area contributed by atoms with E-state index in [1.165, 1.54) is 6.20 Å². The molecular weight excluding hydrogens is 424 g/mol. The number of benzene rings is 1. The molecule has 0 bridgehead atoms. The van der Waals surface area contributed by atoms with Crippen molar-refractivity contribution in [2.75, 3.05) is 12.4 Å². The molecule has 0 radical (unpaired) electrons. The number of aliphatic hydroxyl groups is 1. The first-order chi connectivity index (χ1) is 15.4. The number of pyridine rings is 1. The van der Waals surface area contributed by atoms with Crippen molar-refractivity contribution in [2.45, 2.75) is 25.9 Å². The smallest absolute Gasteiger partial charge is 0.274 e. The SMILES string of the molecule is COc1ccn2c(C(=O)Nc3cc(-c4nc(CC(O)C(F)F)no4)ccc3C)cnc2c1. The van der Waals surface area contributed by atoms with E-state index in [0.717, 1.165) is 5.56 Å². The fraction of sp³-hybridized carbons (Fsp3) is 0.238. The van der Waals surface area contributed by atoms with Gasteiger partial charge in [-0.3, -0.25) is 9.20 Å². The Balaban J connectivity index is 1.56. The summed E-state index contributed by atoms with van der Waals surface area (Å²) >= 11 is 0. The summed E-state index contributed by atoms with van der Waals surface area (Å²) in [5.41, 5.74) is 2.66. The van der Waals surface area contributed by atoms with E-state index in [0.29, 0.717) is 28.3 Å². The molecule has 3 heterocycles. The number of aliphatic hydroxyl groups excluding tert-OH is 1. The first kappa shape index (κ1) is 21.4. The Kier molecular flexibility index (Phi) is 5.82. The van der Waals surface area contributed by atoms with E-state index < -0.39 is 19.0 Å².